The lowest BCUT2D eigenvalue weighted by Crippen LogP contribution is -2.14. The van der Waals surface area contributed by atoms with E-state index in [1.165, 1.54) is 12.1 Å². The molecule has 0 aromatic heterocycles. The summed E-state index contributed by atoms with van der Waals surface area (Å²) in [4.78, 5) is 0. The lowest BCUT2D eigenvalue weighted by Gasteiger charge is -2.07. The van der Waals surface area contributed by atoms with Gasteiger partial charge in [-0.05, 0) is 19.1 Å². The van der Waals surface area contributed by atoms with E-state index in [0.29, 0.717) is 0 Å². The van der Waals surface area contributed by atoms with Gasteiger partial charge in [-0.3, -0.25) is 5.41 Å². The van der Waals surface area contributed by atoms with Crippen molar-refractivity contribution in [3.8, 4) is 5.75 Å². The van der Waals surface area contributed by atoms with E-state index in [0.717, 1.165) is 0 Å². The molecule has 0 fully saturated rings. The number of benzene rings is 1. The SMILES string of the molecule is CCOc1ccc(C(=N)N)c(F)c1F.Cl. The van der Waals surface area contributed by atoms with Gasteiger partial charge in [0, 0.05) is 0 Å². The van der Waals surface area contributed by atoms with Crippen molar-refractivity contribution in [1.29, 1.82) is 5.41 Å². The maximum Gasteiger partial charge on any atom is 0.201 e. The van der Waals surface area contributed by atoms with Crippen molar-refractivity contribution in [3.63, 3.8) is 0 Å². The zero-order valence-electron chi connectivity index (χ0n) is 8.01. The predicted octanol–water partition coefficient (Wildman–Crippen LogP) is 2.07. The van der Waals surface area contributed by atoms with Crippen LogP contribution in [0.2, 0.25) is 0 Å². The third kappa shape index (κ3) is 2.79. The number of halogens is 3. The first-order valence-corrected chi connectivity index (χ1v) is 4.03. The van der Waals surface area contributed by atoms with Crippen molar-refractivity contribution in [2.24, 2.45) is 5.73 Å². The molecule has 0 aliphatic heterocycles. The minimum atomic E-state index is -1.15. The van der Waals surface area contributed by atoms with E-state index in [4.69, 9.17) is 15.9 Å². The van der Waals surface area contributed by atoms with Crippen LogP contribution in [0, 0.1) is 17.0 Å². The van der Waals surface area contributed by atoms with Gasteiger partial charge in [0.2, 0.25) is 5.82 Å². The Bertz CT molecular complexity index is 371. The van der Waals surface area contributed by atoms with Crippen LogP contribution in [-0.2, 0) is 0 Å². The molecule has 0 saturated carbocycles. The molecule has 1 aromatic carbocycles. The maximum atomic E-state index is 13.2. The zero-order valence-corrected chi connectivity index (χ0v) is 8.83. The van der Waals surface area contributed by atoms with Gasteiger partial charge in [0.25, 0.3) is 0 Å². The van der Waals surface area contributed by atoms with Crippen molar-refractivity contribution < 1.29 is 13.5 Å². The molecule has 0 unspecified atom stereocenters. The van der Waals surface area contributed by atoms with Crippen LogP contribution in [0.4, 0.5) is 8.78 Å². The summed E-state index contributed by atoms with van der Waals surface area (Å²) in [6.45, 7) is 1.91. The molecule has 0 bridgehead atoms. The van der Waals surface area contributed by atoms with E-state index in [1.54, 1.807) is 6.92 Å². The first-order chi connectivity index (χ1) is 6.57. The minimum Gasteiger partial charge on any atom is -0.491 e. The van der Waals surface area contributed by atoms with Gasteiger partial charge >= 0.3 is 0 Å². The van der Waals surface area contributed by atoms with Crippen LogP contribution in [0.25, 0.3) is 0 Å². The molecule has 3 N–H and O–H groups in total. The fourth-order valence-electron chi connectivity index (χ4n) is 1.01. The summed E-state index contributed by atoms with van der Waals surface area (Å²) in [6.07, 6.45) is 0. The average Bonchev–Trinajstić information content (AvgIpc) is 2.13. The van der Waals surface area contributed by atoms with Gasteiger partial charge in [0.15, 0.2) is 11.6 Å². The number of nitrogen functional groups attached to an aromatic ring is 1. The van der Waals surface area contributed by atoms with Gasteiger partial charge < -0.3 is 10.5 Å². The van der Waals surface area contributed by atoms with E-state index < -0.39 is 17.5 Å². The minimum absolute atomic E-state index is 0. The zero-order chi connectivity index (χ0) is 10.7. The quantitative estimate of drug-likeness (QED) is 0.624. The first-order valence-electron chi connectivity index (χ1n) is 4.03. The Hall–Kier alpha value is -1.36. The Kier molecular flexibility index (Phi) is 5.00. The molecule has 6 heteroatoms. The molecule has 0 aliphatic carbocycles. The highest BCUT2D eigenvalue weighted by atomic mass is 35.5. The molecule has 0 spiro atoms. The number of rotatable bonds is 3. The van der Waals surface area contributed by atoms with Crippen molar-refractivity contribution in [1.82, 2.24) is 0 Å². The van der Waals surface area contributed by atoms with Crippen LogP contribution >= 0.6 is 12.4 Å². The molecule has 84 valence electrons. The second kappa shape index (κ2) is 5.50. The van der Waals surface area contributed by atoms with Crippen LogP contribution in [-0.4, -0.2) is 12.4 Å². The predicted molar refractivity (Wildman–Crippen MR) is 55.8 cm³/mol. The number of amidine groups is 1. The molecule has 15 heavy (non-hydrogen) atoms. The highest BCUT2D eigenvalue weighted by molar-refractivity contribution is 5.95. The molecule has 0 heterocycles. The van der Waals surface area contributed by atoms with Crippen LogP contribution in [0.3, 0.4) is 0 Å². The Morgan fingerprint density at radius 3 is 2.47 bits per heavy atom. The summed E-state index contributed by atoms with van der Waals surface area (Å²) in [5, 5.41) is 6.98. The molecule has 1 aromatic rings. The fourth-order valence-corrected chi connectivity index (χ4v) is 1.01. The van der Waals surface area contributed by atoms with E-state index in [1.807, 2.05) is 0 Å². The molecule has 0 atom stereocenters. The van der Waals surface area contributed by atoms with E-state index in [9.17, 15) is 8.78 Å². The molecular formula is C9H11ClF2N2O. The van der Waals surface area contributed by atoms with Gasteiger partial charge in [-0.15, -0.1) is 12.4 Å². The smallest absolute Gasteiger partial charge is 0.201 e. The van der Waals surface area contributed by atoms with Crippen molar-refractivity contribution >= 4 is 18.2 Å². The first kappa shape index (κ1) is 13.6. The number of ether oxygens (including phenoxy) is 1. The fraction of sp³-hybridized carbons (Fsp3) is 0.222. The van der Waals surface area contributed by atoms with Gasteiger partial charge in [0.05, 0.1) is 12.2 Å². The molecule has 3 nitrogen and oxygen atoms in total. The van der Waals surface area contributed by atoms with Crippen molar-refractivity contribution in [2.75, 3.05) is 6.61 Å². The topological polar surface area (TPSA) is 59.1 Å². The maximum absolute atomic E-state index is 13.2. The normalized spacial score (nSPS) is 9.27. The van der Waals surface area contributed by atoms with E-state index >= 15 is 0 Å². The highest BCUT2D eigenvalue weighted by Crippen LogP contribution is 2.22. The summed E-state index contributed by atoms with van der Waals surface area (Å²) >= 11 is 0. The largest absolute Gasteiger partial charge is 0.491 e. The number of nitrogens with two attached hydrogens (primary N) is 1. The number of hydrogen-bond donors (Lipinski definition) is 2. The van der Waals surface area contributed by atoms with Crippen LogP contribution in [0.15, 0.2) is 12.1 Å². The Morgan fingerprint density at radius 1 is 1.40 bits per heavy atom. The van der Waals surface area contributed by atoms with E-state index in [-0.39, 0.29) is 30.3 Å². The monoisotopic (exact) mass is 236 g/mol. The van der Waals surface area contributed by atoms with Gasteiger partial charge in [-0.1, -0.05) is 0 Å². The van der Waals surface area contributed by atoms with Gasteiger partial charge in [0.1, 0.15) is 5.84 Å². The summed E-state index contributed by atoms with van der Waals surface area (Å²) in [5.74, 6) is -2.94. The number of hydrogen-bond acceptors (Lipinski definition) is 2. The Morgan fingerprint density at radius 2 is 2.00 bits per heavy atom. The van der Waals surface area contributed by atoms with Crippen LogP contribution in [0.5, 0.6) is 5.75 Å². The Balaban J connectivity index is 0.00000196. The van der Waals surface area contributed by atoms with Gasteiger partial charge in [-0.25, -0.2) is 4.39 Å². The lowest BCUT2D eigenvalue weighted by molar-refractivity contribution is 0.314. The van der Waals surface area contributed by atoms with Crippen molar-refractivity contribution in [3.05, 3.63) is 29.3 Å². The van der Waals surface area contributed by atoms with E-state index in [2.05, 4.69) is 0 Å². The summed E-state index contributed by atoms with van der Waals surface area (Å²) < 4.78 is 31.1. The molecule has 0 radical (unpaired) electrons. The average molecular weight is 237 g/mol. The third-order valence-corrected chi connectivity index (χ3v) is 1.64. The molecule has 1 rings (SSSR count). The molecular weight excluding hydrogens is 226 g/mol. The van der Waals surface area contributed by atoms with Crippen LogP contribution in [0.1, 0.15) is 12.5 Å². The standard InChI is InChI=1S/C9H10F2N2O.ClH/c1-2-14-6-4-3-5(9(12)13)7(10)8(6)11;/h3-4H,2H2,1H3,(H3,12,13);1H. The second-order valence-corrected chi connectivity index (χ2v) is 2.59. The summed E-state index contributed by atoms with van der Waals surface area (Å²) in [6, 6.07) is 2.46. The van der Waals surface area contributed by atoms with Gasteiger partial charge in [-0.2, -0.15) is 4.39 Å². The molecule has 0 saturated heterocycles. The lowest BCUT2D eigenvalue weighted by atomic mass is 10.2. The summed E-state index contributed by atoms with van der Waals surface area (Å²) in [5.41, 5.74) is 4.78. The highest BCUT2D eigenvalue weighted by Gasteiger charge is 2.15. The third-order valence-electron chi connectivity index (χ3n) is 1.64. The Labute approximate surface area is 92.1 Å². The summed E-state index contributed by atoms with van der Waals surface area (Å²) in [7, 11) is 0. The van der Waals surface area contributed by atoms with Crippen LogP contribution < -0.4 is 10.5 Å². The number of nitrogens with one attached hydrogen (secondary N) is 1. The van der Waals surface area contributed by atoms with Crippen molar-refractivity contribution in [2.45, 2.75) is 6.92 Å². The second-order valence-electron chi connectivity index (χ2n) is 2.59. The molecule has 0 amide bonds. The molecule has 0 aliphatic rings.